The first-order valence-corrected chi connectivity index (χ1v) is 4.39. The maximum atomic E-state index is 11.2. The van der Waals surface area contributed by atoms with Gasteiger partial charge in [-0.15, -0.1) is 0 Å². The standard InChI is InChI=1S/C8H7BrN2O3/c9-4-1-2-6(12)5(3-4)7(13)11-8(10)14/h1-3,12H,(H3,10,11,13,14). The lowest BCUT2D eigenvalue weighted by Gasteiger charge is -2.03. The Hall–Kier alpha value is -1.56. The van der Waals surface area contributed by atoms with Crippen LogP contribution in [0.5, 0.6) is 5.75 Å². The van der Waals surface area contributed by atoms with Gasteiger partial charge in [0.2, 0.25) is 0 Å². The molecule has 0 saturated heterocycles. The highest BCUT2D eigenvalue weighted by Crippen LogP contribution is 2.21. The topological polar surface area (TPSA) is 92.4 Å². The van der Waals surface area contributed by atoms with Crippen LogP contribution in [0.25, 0.3) is 0 Å². The summed E-state index contributed by atoms with van der Waals surface area (Å²) < 4.78 is 0.616. The Morgan fingerprint density at radius 3 is 2.64 bits per heavy atom. The third-order valence-corrected chi connectivity index (χ3v) is 1.93. The number of aromatic hydroxyl groups is 1. The van der Waals surface area contributed by atoms with Gasteiger partial charge in [0.05, 0.1) is 5.56 Å². The second kappa shape index (κ2) is 4.10. The molecule has 0 fully saturated rings. The quantitative estimate of drug-likeness (QED) is 0.701. The summed E-state index contributed by atoms with van der Waals surface area (Å²) in [5.74, 6) is -0.955. The molecule has 0 heterocycles. The maximum absolute atomic E-state index is 11.2. The molecule has 0 radical (unpaired) electrons. The number of hydrogen-bond acceptors (Lipinski definition) is 3. The molecular formula is C8H7BrN2O3. The minimum absolute atomic E-state index is 0.0156. The first-order valence-electron chi connectivity index (χ1n) is 3.60. The van der Waals surface area contributed by atoms with Crippen molar-refractivity contribution in [3.8, 4) is 5.75 Å². The highest BCUT2D eigenvalue weighted by Gasteiger charge is 2.12. The second-order valence-electron chi connectivity index (χ2n) is 2.48. The normalized spacial score (nSPS) is 9.50. The SMILES string of the molecule is NC(=O)NC(=O)c1cc(Br)ccc1O. The molecule has 0 aliphatic rings. The van der Waals surface area contributed by atoms with Gasteiger partial charge < -0.3 is 10.8 Å². The number of phenols is 1. The Bertz CT molecular complexity index is 392. The van der Waals surface area contributed by atoms with Crippen LogP contribution in [-0.2, 0) is 0 Å². The highest BCUT2D eigenvalue weighted by atomic mass is 79.9. The van der Waals surface area contributed by atoms with Gasteiger partial charge in [-0.1, -0.05) is 15.9 Å². The molecule has 0 bridgehead atoms. The molecule has 3 amide bonds. The predicted octanol–water partition coefficient (Wildman–Crippen LogP) is 0.963. The van der Waals surface area contributed by atoms with E-state index in [0.29, 0.717) is 4.47 Å². The van der Waals surface area contributed by atoms with E-state index in [1.807, 2.05) is 5.32 Å². The van der Waals surface area contributed by atoms with Crippen molar-refractivity contribution in [3.63, 3.8) is 0 Å². The number of nitrogens with one attached hydrogen (secondary N) is 1. The average Bonchev–Trinajstić information content (AvgIpc) is 2.08. The second-order valence-corrected chi connectivity index (χ2v) is 3.40. The van der Waals surface area contributed by atoms with E-state index in [-0.39, 0.29) is 11.3 Å². The number of amides is 3. The van der Waals surface area contributed by atoms with Crippen LogP contribution in [-0.4, -0.2) is 17.0 Å². The number of primary amides is 1. The van der Waals surface area contributed by atoms with Crippen LogP contribution in [0.15, 0.2) is 22.7 Å². The average molecular weight is 259 g/mol. The maximum Gasteiger partial charge on any atom is 0.319 e. The number of benzene rings is 1. The zero-order valence-electron chi connectivity index (χ0n) is 6.95. The van der Waals surface area contributed by atoms with Crippen molar-refractivity contribution in [2.24, 2.45) is 5.73 Å². The fraction of sp³-hybridized carbons (Fsp3) is 0. The first-order chi connectivity index (χ1) is 6.50. The lowest BCUT2D eigenvalue weighted by atomic mass is 10.2. The number of halogens is 1. The van der Waals surface area contributed by atoms with Crippen molar-refractivity contribution >= 4 is 27.9 Å². The number of hydrogen-bond donors (Lipinski definition) is 3. The summed E-state index contributed by atoms with van der Waals surface area (Å²) in [6.45, 7) is 0. The third-order valence-electron chi connectivity index (χ3n) is 1.44. The molecule has 74 valence electrons. The van der Waals surface area contributed by atoms with Gasteiger partial charge in [-0.05, 0) is 18.2 Å². The van der Waals surface area contributed by atoms with Crippen molar-refractivity contribution in [1.82, 2.24) is 5.32 Å². The molecular weight excluding hydrogens is 252 g/mol. The smallest absolute Gasteiger partial charge is 0.319 e. The van der Waals surface area contributed by atoms with Gasteiger partial charge in [0.25, 0.3) is 5.91 Å². The van der Waals surface area contributed by atoms with Crippen LogP contribution >= 0.6 is 15.9 Å². The monoisotopic (exact) mass is 258 g/mol. The molecule has 1 aromatic rings. The van der Waals surface area contributed by atoms with Crippen LogP contribution in [0.2, 0.25) is 0 Å². The summed E-state index contributed by atoms with van der Waals surface area (Å²) in [4.78, 5) is 21.6. The Labute approximate surface area is 88.0 Å². The number of carbonyl (C=O) groups is 2. The van der Waals surface area contributed by atoms with E-state index in [9.17, 15) is 14.7 Å². The fourth-order valence-electron chi connectivity index (χ4n) is 0.869. The van der Waals surface area contributed by atoms with Gasteiger partial charge in [-0.3, -0.25) is 10.1 Å². The summed E-state index contributed by atoms with van der Waals surface area (Å²) in [7, 11) is 0. The van der Waals surface area contributed by atoms with Gasteiger partial charge >= 0.3 is 6.03 Å². The van der Waals surface area contributed by atoms with E-state index < -0.39 is 11.9 Å². The molecule has 14 heavy (non-hydrogen) atoms. The van der Waals surface area contributed by atoms with Crippen molar-refractivity contribution in [3.05, 3.63) is 28.2 Å². The van der Waals surface area contributed by atoms with Gasteiger partial charge in [0.15, 0.2) is 0 Å². The summed E-state index contributed by atoms with van der Waals surface area (Å²) in [5.41, 5.74) is 4.74. The van der Waals surface area contributed by atoms with Gasteiger partial charge in [0.1, 0.15) is 5.75 Å². The molecule has 0 aliphatic heterocycles. The molecule has 0 spiro atoms. The van der Waals surface area contributed by atoms with E-state index >= 15 is 0 Å². The lowest BCUT2D eigenvalue weighted by Crippen LogP contribution is -2.34. The molecule has 0 unspecified atom stereocenters. The van der Waals surface area contributed by atoms with E-state index in [4.69, 9.17) is 5.73 Å². The predicted molar refractivity (Wildman–Crippen MR) is 52.9 cm³/mol. The molecule has 5 nitrogen and oxygen atoms in total. The fourth-order valence-corrected chi connectivity index (χ4v) is 1.23. The van der Waals surface area contributed by atoms with E-state index in [1.165, 1.54) is 12.1 Å². The van der Waals surface area contributed by atoms with Crippen LogP contribution in [0.1, 0.15) is 10.4 Å². The van der Waals surface area contributed by atoms with Crippen molar-refractivity contribution < 1.29 is 14.7 Å². The number of carbonyl (C=O) groups excluding carboxylic acids is 2. The van der Waals surface area contributed by atoms with E-state index in [0.717, 1.165) is 0 Å². The summed E-state index contributed by atoms with van der Waals surface area (Å²) in [5, 5.41) is 11.1. The number of nitrogens with two attached hydrogens (primary N) is 1. The minimum atomic E-state index is -0.964. The number of rotatable bonds is 1. The van der Waals surface area contributed by atoms with Crippen LogP contribution in [0.4, 0.5) is 4.79 Å². The van der Waals surface area contributed by atoms with E-state index in [2.05, 4.69) is 15.9 Å². The van der Waals surface area contributed by atoms with Crippen molar-refractivity contribution in [2.45, 2.75) is 0 Å². The van der Waals surface area contributed by atoms with Crippen LogP contribution < -0.4 is 11.1 Å². The van der Waals surface area contributed by atoms with Gasteiger partial charge in [-0.2, -0.15) is 0 Å². The molecule has 4 N–H and O–H groups in total. The Morgan fingerprint density at radius 1 is 1.43 bits per heavy atom. The molecule has 1 aromatic carbocycles. The van der Waals surface area contributed by atoms with E-state index in [1.54, 1.807) is 6.07 Å². The van der Waals surface area contributed by atoms with Crippen molar-refractivity contribution in [2.75, 3.05) is 0 Å². The Morgan fingerprint density at radius 2 is 2.07 bits per heavy atom. The third kappa shape index (κ3) is 2.46. The Kier molecular flexibility index (Phi) is 3.08. The van der Waals surface area contributed by atoms with Crippen LogP contribution in [0, 0.1) is 0 Å². The minimum Gasteiger partial charge on any atom is -0.507 e. The number of phenolic OH excluding ortho intramolecular Hbond substituents is 1. The molecule has 0 aliphatic carbocycles. The summed E-state index contributed by atoms with van der Waals surface area (Å²) in [6, 6.07) is 3.32. The van der Waals surface area contributed by atoms with Gasteiger partial charge in [-0.25, -0.2) is 4.79 Å². The molecule has 6 heteroatoms. The summed E-state index contributed by atoms with van der Waals surface area (Å²) >= 11 is 3.12. The first kappa shape index (κ1) is 10.5. The van der Waals surface area contributed by atoms with Gasteiger partial charge in [0, 0.05) is 4.47 Å². The van der Waals surface area contributed by atoms with Crippen LogP contribution in [0.3, 0.4) is 0 Å². The molecule has 1 rings (SSSR count). The zero-order chi connectivity index (χ0) is 10.7. The summed E-state index contributed by atoms with van der Waals surface area (Å²) in [6.07, 6.45) is 0. The largest absolute Gasteiger partial charge is 0.507 e. The molecule has 0 aromatic heterocycles. The zero-order valence-corrected chi connectivity index (χ0v) is 8.54. The number of imide groups is 1. The Balaban J connectivity index is 3.00. The number of urea groups is 1. The molecule has 0 saturated carbocycles. The van der Waals surface area contributed by atoms with Crippen molar-refractivity contribution in [1.29, 1.82) is 0 Å². The molecule has 0 atom stereocenters. The lowest BCUT2D eigenvalue weighted by molar-refractivity contribution is 0.0963. The highest BCUT2D eigenvalue weighted by molar-refractivity contribution is 9.10.